The van der Waals surface area contributed by atoms with Gasteiger partial charge in [0.25, 0.3) is 0 Å². The lowest BCUT2D eigenvalue weighted by Crippen LogP contribution is -2.58. The zero-order chi connectivity index (χ0) is 13.6. The third-order valence-corrected chi connectivity index (χ3v) is 5.61. The fraction of sp³-hybridized carbons (Fsp3) is 0.588. The summed E-state index contributed by atoms with van der Waals surface area (Å²) in [6.45, 7) is 7.08. The largest absolute Gasteiger partial charge is 0.489 e. The maximum Gasteiger partial charge on any atom is 0.153 e. The number of ether oxygens (including phenoxy) is 1. The van der Waals surface area contributed by atoms with E-state index in [0.29, 0.717) is 16.9 Å². The van der Waals surface area contributed by atoms with Crippen molar-refractivity contribution in [2.24, 2.45) is 23.2 Å². The van der Waals surface area contributed by atoms with Gasteiger partial charge in [-0.3, -0.25) is 4.79 Å². The maximum absolute atomic E-state index is 11.0. The first-order valence-corrected chi connectivity index (χ1v) is 7.25. The second-order valence-corrected chi connectivity index (χ2v) is 6.77. The van der Waals surface area contributed by atoms with Crippen LogP contribution in [0.2, 0.25) is 0 Å². The summed E-state index contributed by atoms with van der Waals surface area (Å²) in [6, 6.07) is 7.53. The molecule has 0 amide bonds. The van der Waals surface area contributed by atoms with Crippen molar-refractivity contribution in [2.75, 3.05) is 0 Å². The summed E-state index contributed by atoms with van der Waals surface area (Å²) in [6.07, 6.45) is 3.62. The van der Waals surface area contributed by atoms with Crippen LogP contribution >= 0.6 is 0 Å². The summed E-state index contributed by atoms with van der Waals surface area (Å²) in [5.41, 5.74) is 1.14. The van der Waals surface area contributed by atoms with Gasteiger partial charge in [-0.2, -0.15) is 0 Å². The zero-order valence-electron chi connectivity index (χ0n) is 11.9. The van der Waals surface area contributed by atoms with E-state index in [1.54, 1.807) is 0 Å². The molecular weight excluding hydrogens is 236 g/mol. The van der Waals surface area contributed by atoms with Crippen LogP contribution in [-0.2, 0) is 0 Å². The highest BCUT2D eigenvalue weighted by molar-refractivity contribution is 5.79. The van der Waals surface area contributed by atoms with Gasteiger partial charge >= 0.3 is 0 Å². The van der Waals surface area contributed by atoms with E-state index in [1.807, 2.05) is 24.3 Å². The second kappa shape index (κ2) is 4.36. The molecule has 0 saturated heterocycles. The van der Waals surface area contributed by atoms with Crippen molar-refractivity contribution < 1.29 is 9.53 Å². The number of benzene rings is 1. The Hall–Kier alpha value is -1.31. The van der Waals surface area contributed by atoms with Crippen LogP contribution in [0.4, 0.5) is 0 Å². The maximum atomic E-state index is 11.0. The van der Waals surface area contributed by atoms with Gasteiger partial charge in [-0.05, 0) is 48.1 Å². The molecule has 4 rings (SSSR count). The molecule has 0 heterocycles. The van der Waals surface area contributed by atoms with Crippen molar-refractivity contribution in [2.45, 2.75) is 39.7 Å². The van der Waals surface area contributed by atoms with Gasteiger partial charge in [-0.15, -0.1) is 0 Å². The Morgan fingerprint density at radius 2 is 2.00 bits per heavy atom. The number of hydrogen-bond acceptors (Lipinski definition) is 2. The van der Waals surface area contributed by atoms with Crippen molar-refractivity contribution in [3.05, 3.63) is 29.8 Å². The number of aldehydes is 1. The highest BCUT2D eigenvalue weighted by atomic mass is 16.5. The van der Waals surface area contributed by atoms with Crippen LogP contribution in [0.5, 0.6) is 5.75 Å². The van der Waals surface area contributed by atoms with Gasteiger partial charge in [0.2, 0.25) is 0 Å². The van der Waals surface area contributed by atoms with E-state index in [1.165, 1.54) is 6.42 Å². The SMILES string of the molecule is C[C@@H]1[C@@H](Oc2ccccc2C=O)C[C@@H]2C[C@H]1C2(C)C. The molecule has 2 nitrogen and oxygen atoms in total. The molecule has 19 heavy (non-hydrogen) atoms. The zero-order valence-corrected chi connectivity index (χ0v) is 11.9. The van der Waals surface area contributed by atoms with Crippen LogP contribution in [-0.4, -0.2) is 12.4 Å². The summed E-state index contributed by atoms with van der Waals surface area (Å²) < 4.78 is 6.15. The van der Waals surface area contributed by atoms with E-state index < -0.39 is 0 Å². The summed E-state index contributed by atoms with van der Waals surface area (Å²) in [4.78, 5) is 11.0. The topological polar surface area (TPSA) is 26.3 Å². The molecule has 0 radical (unpaired) electrons. The number of carbonyl (C=O) groups is 1. The Labute approximate surface area is 115 Å². The monoisotopic (exact) mass is 258 g/mol. The first-order valence-electron chi connectivity index (χ1n) is 7.25. The van der Waals surface area contributed by atoms with Gasteiger partial charge in [0.05, 0.1) is 5.56 Å². The first kappa shape index (κ1) is 12.7. The molecule has 4 atom stereocenters. The average molecular weight is 258 g/mol. The molecule has 3 fully saturated rings. The van der Waals surface area contributed by atoms with Crippen LogP contribution in [0.3, 0.4) is 0 Å². The Morgan fingerprint density at radius 3 is 2.63 bits per heavy atom. The van der Waals surface area contributed by atoms with Gasteiger partial charge in [0.1, 0.15) is 11.9 Å². The standard InChI is InChI=1S/C17H22O2/c1-11-14-8-13(17(14,2)3)9-16(11)19-15-7-5-4-6-12(15)10-18/h4-7,10-11,13-14,16H,8-9H2,1-3H3/t11-,13-,14+,16-/m0/s1. The van der Waals surface area contributed by atoms with E-state index >= 15 is 0 Å². The quantitative estimate of drug-likeness (QED) is 0.767. The van der Waals surface area contributed by atoms with Gasteiger partial charge < -0.3 is 4.74 Å². The predicted octanol–water partition coefficient (Wildman–Crippen LogP) is 3.95. The molecular formula is C17H22O2. The van der Waals surface area contributed by atoms with Crippen LogP contribution in [0, 0.1) is 23.2 Å². The lowest BCUT2D eigenvalue weighted by Gasteiger charge is -2.61. The molecule has 3 aliphatic carbocycles. The van der Waals surface area contributed by atoms with Crippen molar-refractivity contribution >= 4 is 6.29 Å². The molecule has 0 aromatic heterocycles. The van der Waals surface area contributed by atoms with Gasteiger partial charge in [0, 0.05) is 0 Å². The van der Waals surface area contributed by atoms with Gasteiger partial charge in [0.15, 0.2) is 6.29 Å². The summed E-state index contributed by atoms with van der Waals surface area (Å²) in [5, 5.41) is 0. The normalized spacial score (nSPS) is 35.3. The van der Waals surface area contributed by atoms with Crippen LogP contribution < -0.4 is 4.74 Å². The van der Waals surface area contributed by atoms with E-state index in [0.717, 1.165) is 30.3 Å². The van der Waals surface area contributed by atoms with Crippen molar-refractivity contribution in [3.63, 3.8) is 0 Å². The van der Waals surface area contributed by atoms with E-state index in [4.69, 9.17) is 4.74 Å². The number of rotatable bonds is 3. The molecule has 3 saturated carbocycles. The highest BCUT2D eigenvalue weighted by Crippen LogP contribution is 2.61. The molecule has 102 valence electrons. The molecule has 0 aliphatic heterocycles. The lowest BCUT2D eigenvalue weighted by molar-refractivity contribution is -0.147. The Morgan fingerprint density at radius 1 is 1.26 bits per heavy atom. The molecule has 1 aromatic carbocycles. The molecule has 0 N–H and O–H groups in total. The lowest BCUT2D eigenvalue weighted by atomic mass is 9.45. The fourth-order valence-electron chi connectivity index (χ4n) is 4.11. The Bertz CT molecular complexity index is 492. The molecule has 2 heteroatoms. The van der Waals surface area contributed by atoms with E-state index in [-0.39, 0.29) is 6.10 Å². The molecule has 1 aromatic rings. The van der Waals surface area contributed by atoms with Gasteiger partial charge in [-0.1, -0.05) is 32.9 Å². The van der Waals surface area contributed by atoms with Crippen molar-refractivity contribution in [1.82, 2.24) is 0 Å². The minimum absolute atomic E-state index is 0.262. The number of fused-ring (bicyclic) bond motifs is 2. The third kappa shape index (κ3) is 1.89. The number of para-hydroxylation sites is 1. The van der Waals surface area contributed by atoms with Crippen LogP contribution in [0.1, 0.15) is 44.0 Å². The number of carbonyl (C=O) groups excluding carboxylic acids is 1. The summed E-state index contributed by atoms with van der Waals surface area (Å²) in [7, 11) is 0. The fourth-order valence-corrected chi connectivity index (χ4v) is 4.11. The predicted molar refractivity (Wildman–Crippen MR) is 75.4 cm³/mol. The Balaban J connectivity index is 1.77. The molecule has 2 bridgehead atoms. The van der Waals surface area contributed by atoms with Crippen molar-refractivity contribution in [3.8, 4) is 5.75 Å². The average Bonchev–Trinajstić information content (AvgIpc) is 2.41. The molecule has 0 unspecified atom stereocenters. The minimum Gasteiger partial charge on any atom is -0.489 e. The second-order valence-electron chi connectivity index (χ2n) is 6.77. The van der Waals surface area contributed by atoms with Crippen molar-refractivity contribution in [1.29, 1.82) is 0 Å². The van der Waals surface area contributed by atoms with Crippen LogP contribution in [0.25, 0.3) is 0 Å². The smallest absolute Gasteiger partial charge is 0.153 e. The minimum atomic E-state index is 0.262. The van der Waals surface area contributed by atoms with E-state index in [9.17, 15) is 4.79 Å². The highest BCUT2D eigenvalue weighted by Gasteiger charge is 2.57. The van der Waals surface area contributed by atoms with E-state index in [2.05, 4.69) is 20.8 Å². The van der Waals surface area contributed by atoms with Gasteiger partial charge in [-0.25, -0.2) is 0 Å². The molecule has 3 aliphatic rings. The first-order chi connectivity index (χ1) is 9.04. The third-order valence-electron chi connectivity index (χ3n) is 5.61. The summed E-state index contributed by atoms with van der Waals surface area (Å²) in [5.74, 6) is 2.86. The Kier molecular flexibility index (Phi) is 2.92. The summed E-state index contributed by atoms with van der Waals surface area (Å²) >= 11 is 0. The molecule has 0 spiro atoms. The van der Waals surface area contributed by atoms with Crippen LogP contribution in [0.15, 0.2) is 24.3 Å². The number of hydrogen-bond donors (Lipinski definition) is 0.